The zero-order valence-electron chi connectivity index (χ0n) is 17.3. The van der Waals surface area contributed by atoms with Crippen LogP contribution in [-0.4, -0.2) is 59.7 Å². The van der Waals surface area contributed by atoms with E-state index in [9.17, 15) is 13.2 Å². The molecular formula is C21H24N4O4S2. The molecule has 1 unspecified atom stereocenters. The van der Waals surface area contributed by atoms with Crippen molar-refractivity contribution in [1.29, 1.82) is 0 Å². The first kappa shape index (κ1) is 21.8. The van der Waals surface area contributed by atoms with Crippen LogP contribution in [-0.2, 0) is 26.6 Å². The third kappa shape index (κ3) is 4.62. The Morgan fingerprint density at radius 2 is 1.90 bits per heavy atom. The number of thioether (sulfide) groups is 1. The summed E-state index contributed by atoms with van der Waals surface area (Å²) in [6, 6.07) is 14.1. The summed E-state index contributed by atoms with van der Waals surface area (Å²) in [6.07, 6.45) is 0. The highest BCUT2D eigenvalue weighted by molar-refractivity contribution is 8.00. The molecule has 31 heavy (non-hydrogen) atoms. The van der Waals surface area contributed by atoms with E-state index in [4.69, 9.17) is 4.74 Å². The zero-order valence-corrected chi connectivity index (χ0v) is 18.9. The van der Waals surface area contributed by atoms with Crippen molar-refractivity contribution in [3.8, 4) is 0 Å². The van der Waals surface area contributed by atoms with E-state index in [2.05, 4.69) is 10.3 Å². The number of hydrogen-bond acceptors (Lipinski definition) is 6. The lowest BCUT2D eigenvalue weighted by Crippen LogP contribution is -2.40. The first-order valence-electron chi connectivity index (χ1n) is 9.93. The van der Waals surface area contributed by atoms with Crippen LogP contribution in [0, 0.1) is 0 Å². The molecule has 1 atom stereocenters. The van der Waals surface area contributed by atoms with E-state index in [1.807, 2.05) is 35.9 Å². The van der Waals surface area contributed by atoms with E-state index in [0.717, 1.165) is 16.2 Å². The number of para-hydroxylation sites is 2. The second kappa shape index (κ2) is 8.99. The van der Waals surface area contributed by atoms with Gasteiger partial charge in [-0.2, -0.15) is 4.31 Å². The molecule has 3 aromatic rings. The number of carbonyl (C=O) groups is 1. The number of aryl methyl sites for hydroxylation is 1. The third-order valence-electron chi connectivity index (χ3n) is 5.11. The minimum absolute atomic E-state index is 0.155. The van der Waals surface area contributed by atoms with Crippen molar-refractivity contribution in [2.75, 3.05) is 31.6 Å². The first-order valence-corrected chi connectivity index (χ1v) is 12.2. The van der Waals surface area contributed by atoms with Crippen LogP contribution in [0.15, 0.2) is 58.6 Å². The number of amides is 1. The zero-order chi connectivity index (χ0) is 22.0. The van der Waals surface area contributed by atoms with Gasteiger partial charge in [-0.3, -0.25) is 4.79 Å². The molecule has 1 amide bonds. The second-order valence-corrected chi connectivity index (χ2v) is 10.5. The van der Waals surface area contributed by atoms with Crippen molar-refractivity contribution in [1.82, 2.24) is 13.9 Å². The number of morpholine rings is 1. The number of benzene rings is 2. The van der Waals surface area contributed by atoms with Gasteiger partial charge in [-0.15, -0.1) is 0 Å². The second-order valence-electron chi connectivity index (χ2n) is 7.24. The number of hydrogen-bond donors (Lipinski definition) is 1. The Hall–Kier alpha value is -2.40. The molecule has 1 fully saturated rings. The number of fused-ring (bicyclic) bond motifs is 1. The van der Waals surface area contributed by atoms with E-state index >= 15 is 0 Å². The molecular weight excluding hydrogens is 436 g/mol. The fourth-order valence-electron chi connectivity index (χ4n) is 3.35. The first-order chi connectivity index (χ1) is 14.9. The van der Waals surface area contributed by atoms with Gasteiger partial charge in [-0.1, -0.05) is 30.0 Å². The van der Waals surface area contributed by atoms with Gasteiger partial charge < -0.3 is 14.6 Å². The molecule has 2 heterocycles. The molecule has 0 spiro atoms. The lowest BCUT2D eigenvalue weighted by atomic mass is 10.3. The summed E-state index contributed by atoms with van der Waals surface area (Å²) in [5.41, 5.74) is 2.32. The maximum atomic E-state index is 12.9. The fourth-order valence-corrected chi connectivity index (χ4v) is 5.70. The largest absolute Gasteiger partial charge is 0.379 e. The van der Waals surface area contributed by atoms with E-state index in [0.29, 0.717) is 32.0 Å². The number of aromatic nitrogens is 2. The van der Waals surface area contributed by atoms with Gasteiger partial charge in [-0.25, -0.2) is 13.4 Å². The van der Waals surface area contributed by atoms with Gasteiger partial charge in [0.15, 0.2) is 5.16 Å². The molecule has 2 aromatic carbocycles. The molecule has 1 N–H and O–H groups in total. The number of anilines is 1. The Balaban J connectivity index is 1.46. The van der Waals surface area contributed by atoms with Crippen LogP contribution in [0.2, 0.25) is 0 Å². The molecule has 1 aromatic heterocycles. The lowest BCUT2D eigenvalue weighted by molar-refractivity contribution is -0.115. The summed E-state index contributed by atoms with van der Waals surface area (Å²) in [5, 5.41) is 3.15. The van der Waals surface area contributed by atoms with Crippen LogP contribution in [0.5, 0.6) is 0 Å². The highest BCUT2D eigenvalue weighted by atomic mass is 32.2. The van der Waals surface area contributed by atoms with Crippen LogP contribution in [0.3, 0.4) is 0 Å². The Morgan fingerprint density at radius 3 is 2.65 bits per heavy atom. The van der Waals surface area contributed by atoms with Crippen LogP contribution < -0.4 is 5.32 Å². The molecule has 1 saturated heterocycles. The molecule has 164 valence electrons. The molecule has 0 radical (unpaired) electrons. The molecule has 4 rings (SSSR count). The number of carbonyl (C=O) groups excluding carboxylic acids is 1. The number of nitrogens with one attached hydrogen (secondary N) is 1. The topological polar surface area (TPSA) is 93.5 Å². The van der Waals surface area contributed by atoms with Crippen LogP contribution in [0.1, 0.15) is 6.92 Å². The number of imidazole rings is 1. The standard InChI is InChI=1S/C21H24N4O4S2/c1-15(30-21-23-18-8-3-4-9-19(18)24(21)2)20(26)22-16-6-5-7-17(14-16)31(27,28)25-10-12-29-13-11-25/h3-9,14-15H,10-13H2,1-2H3,(H,22,26). The predicted octanol–water partition coefficient (Wildman–Crippen LogP) is 2.71. The Labute approximate surface area is 185 Å². The van der Waals surface area contributed by atoms with E-state index < -0.39 is 15.3 Å². The van der Waals surface area contributed by atoms with Crippen molar-refractivity contribution in [3.63, 3.8) is 0 Å². The van der Waals surface area contributed by atoms with Crippen molar-refractivity contribution in [2.24, 2.45) is 7.05 Å². The van der Waals surface area contributed by atoms with Crippen LogP contribution in [0.4, 0.5) is 5.69 Å². The summed E-state index contributed by atoms with van der Waals surface area (Å²) in [6.45, 7) is 3.21. The average molecular weight is 461 g/mol. The van der Waals surface area contributed by atoms with Gasteiger partial charge in [0.2, 0.25) is 15.9 Å². The van der Waals surface area contributed by atoms with Crippen molar-refractivity contribution in [3.05, 3.63) is 48.5 Å². The van der Waals surface area contributed by atoms with Crippen LogP contribution in [0.25, 0.3) is 11.0 Å². The van der Waals surface area contributed by atoms with Gasteiger partial charge in [-0.05, 0) is 37.3 Å². The van der Waals surface area contributed by atoms with Gasteiger partial charge >= 0.3 is 0 Å². The SMILES string of the molecule is CC(Sc1nc2ccccc2n1C)C(=O)Nc1cccc(S(=O)(=O)N2CCOCC2)c1. The monoisotopic (exact) mass is 460 g/mol. The molecule has 0 aliphatic carbocycles. The van der Waals surface area contributed by atoms with Gasteiger partial charge in [0.1, 0.15) is 0 Å². The van der Waals surface area contributed by atoms with Gasteiger partial charge in [0, 0.05) is 25.8 Å². The average Bonchev–Trinajstić information content (AvgIpc) is 3.10. The number of sulfonamides is 1. The third-order valence-corrected chi connectivity index (χ3v) is 8.15. The molecule has 1 aliphatic heterocycles. The highest BCUT2D eigenvalue weighted by Gasteiger charge is 2.27. The van der Waals surface area contributed by atoms with Crippen molar-refractivity contribution >= 4 is 44.4 Å². The molecule has 0 saturated carbocycles. The lowest BCUT2D eigenvalue weighted by Gasteiger charge is -2.26. The van der Waals surface area contributed by atoms with E-state index in [-0.39, 0.29) is 10.8 Å². The Bertz CT molecular complexity index is 1200. The van der Waals surface area contributed by atoms with Gasteiger partial charge in [0.05, 0.1) is 34.4 Å². The number of rotatable bonds is 6. The quantitative estimate of drug-likeness (QED) is 0.569. The van der Waals surface area contributed by atoms with E-state index in [1.165, 1.54) is 28.2 Å². The molecule has 8 nitrogen and oxygen atoms in total. The highest BCUT2D eigenvalue weighted by Crippen LogP contribution is 2.27. The van der Waals surface area contributed by atoms with Crippen LogP contribution >= 0.6 is 11.8 Å². The molecule has 10 heteroatoms. The van der Waals surface area contributed by atoms with Gasteiger partial charge in [0.25, 0.3) is 0 Å². The van der Waals surface area contributed by atoms with E-state index in [1.54, 1.807) is 19.1 Å². The maximum absolute atomic E-state index is 12.9. The smallest absolute Gasteiger partial charge is 0.243 e. The maximum Gasteiger partial charge on any atom is 0.243 e. The Morgan fingerprint density at radius 1 is 1.16 bits per heavy atom. The fraction of sp³-hybridized carbons (Fsp3) is 0.333. The minimum atomic E-state index is -3.63. The minimum Gasteiger partial charge on any atom is -0.379 e. The van der Waals surface area contributed by atoms with Crippen molar-refractivity contribution in [2.45, 2.75) is 22.2 Å². The predicted molar refractivity (Wildman–Crippen MR) is 121 cm³/mol. The normalized spacial score (nSPS) is 16.3. The molecule has 0 bridgehead atoms. The Kier molecular flexibility index (Phi) is 6.33. The van der Waals surface area contributed by atoms with Crippen molar-refractivity contribution < 1.29 is 17.9 Å². The summed E-state index contributed by atoms with van der Waals surface area (Å²) in [4.78, 5) is 17.5. The number of nitrogens with zero attached hydrogens (tertiary/aromatic N) is 3. The summed E-state index contributed by atoms with van der Waals surface area (Å²) in [7, 11) is -1.71. The number of ether oxygens (including phenoxy) is 1. The summed E-state index contributed by atoms with van der Waals surface area (Å²) in [5.74, 6) is -0.224. The summed E-state index contributed by atoms with van der Waals surface area (Å²) < 4.78 is 34.3. The molecule has 1 aliphatic rings. The summed E-state index contributed by atoms with van der Waals surface area (Å²) >= 11 is 1.36.